The van der Waals surface area contributed by atoms with E-state index in [4.69, 9.17) is 9.16 Å². The van der Waals surface area contributed by atoms with Gasteiger partial charge in [-0.05, 0) is 36.5 Å². The fourth-order valence-electron chi connectivity index (χ4n) is 3.11. The minimum atomic E-state index is -1.88. The Morgan fingerprint density at radius 1 is 1.46 bits per heavy atom. The minimum Gasteiger partial charge on any atom is -0.445 e. The number of aromatic nitrogens is 2. The minimum absolute atomic E-state index is 0.122. The zero-order valence-electron chi connectivity index (χ0n) is 18.1. The molecule has 0 aliphatic carbocycles. The van der Waals surface area contributed by atoms with Crippen molar-refractivity contribution in [1.82, 2.24) is 14.7 Å². The molecule has 1 aliphatic heterocycles. The number of rotatable bonds is 7. The number of carbonyl (C=O) groups is 1. The van der Waals surface area contributed by atoms with Gasteiger partial charge in [-0.2, -0.15) is 5.10 Å². The number of aryl methyl sites for hydroxylation is 1. The predicted octanol–water partition coefficient (Wildman–Crippen LogP) is 3.24. The van der Waals surface area contributed by atoms with E-state index in [0.29, 0.717) is 19.4 Å². The van der Waals surface area contributed by atoms with E-state index in [1.54, 1.807) is 4.90 Å². The molecule has 0 aromatic carbocycles. The van der Waals surface area contributed by atoms with E-state index in [9.17, 15) is 9.90 Å². The number of likely N-dealkylation sites (tertiary alicyclic amines) is 1. The normalized spacial score (nSPS) is 20.5. The van der Waals surface area contributed by atoms with Gasteiger partial charge >= 0.3 is 6.09 Å². The van der Waals surface area contributed by atoms with Crippen LogP contribution in [0.4, 0.5) is 4.79 Å². The monoisotopic (exact) mass is 409 g/mol. The van der Waals surface area contributed by atoms with Crippen molar-refractivity contribution in [2.24, 2.45) is 7.05 Å². The number of β-amino-alcohol motifs (C(OH)–C–C–N with tert-alkyl or cyclic N) is 1. The average Bonchev–Trinajstić information content (AvgIpc) is 3.13. The van der Waals surface area contributed by atoms with Gasteiger partial charge in [-0.3, -0.25) is 4.68 Å². The lowest BCUT2D eigenvalue weighted by molar-refractivity contribution is 0.102. The molecule has 8 heteroatoms. The topological polar surface area (TPSA) is 76.8 Å². The Bertz CT molecular complexity index is 696. The summed E-state index contributed by atoms with van der Waals surface area (Å²) in [6.07, 6.45) is 3.57. The van der Waals surface area contributed by atoms with Crippen molar-refractivity contribution in [2.45, 2.75) is 70.5 Å². The first-order chi connectivity index (χ1) is 13.0. The van der Waals surface area contributed by atoms with Gasteiger partial charge in [0.1, 0.15) is 6.61 Å². The number of amides is 1. The second kappa shape index (κ2) is 8.80. The number of hydrogen-bond donors (Lipinski definition) is 1. The summed E-state index contributed by atoms with van der Waals surface area (Å²) >= 11 is 0. The van der Waals surface area contributed by atoms with Crippen LogP contribution in [0.25, 0.3) is 0 Å². The van der Waals surface area contributed by atoms with Gasteiger partial charge in [-0.25, -0.2) is 4.79 Å². The van der Waals surface area contributed by atoms with Gasteiger partial charge in [0.05, 0.1) is 31.1 Å². The maximum atomic E-state index is 12.3. The first-order valence-electron chi connectivity index (χ1n) is 9.82. The van der Waals surface area contributed by atoms with Crippen molar-refractivity contribution < 1.29 is 19.1 Å². The molecule has 2 rings (SSSR count). The van der Waals surface area contributed by atoms with Crippen molar-refractivity contribution >= 4 is 14.4 Å². The molecule has 1 amide bonds. The molecule has 2 atom stereocenters. The van der Waals surface area contributed by atoms with E-state index < -0.39 is 20.5 Å². The average molecular weight is 410 g/mol. The Morgan fingerprint density at radius 2 is 2.14 bits per heavy atom. The molecule has 1 aromatic heterocycles. The highest BCUT2D eigenvalue weighted by Gasteiger charge is 2.38. The molecule has 1 fully saturated rings. The number of aliphatic hydroxyl groups excluding tert-OH is 1. The quantitative estimate of drug-likeness (QED) is 0.553. The van der Waals surface area contributed by atoms with Crippen LogP contribution in [0.5, 0.6) is 0 Å². The van der Waals surface area contributed by atoms with Gasteiger partial charge in [0.25, 0.3) is 0 Å². The highest BCUT2D eigenvalue weighted by molar-refractivity contribution is 6.74. The molecule has 0 radical (unpaired) electrons. The lowest BCUT2D eigenvalue weighted by atomic mass is 10.0. The van der Waals surface area contributed by atoms with E-state index in [1.165, 1.54) is 6.08 Å². The van der Waals surface area contributed by atoms with Gasteiger partial charge < -0.3 is 19.2 Å². The molecule has 0 saturated carbocycles. The Kier molecular flexibility index (Phi) is 7.11. The van der Waals surface area contributed by atoms with Gasteiger partial charge in [0.2, 0.25) is 0 Å². The standard InChI is InChI=1S/C20H35N3O4Si/c1-8-9-26-19(25)23-13-17(24)11-16(23)10-15-12-21-22(5)18(15)14-27-28(6,7)20(2,3)4/h8,12,16-17,24H,1,9-11,13-14H2,2-7H3/t16-,17-/m1/s1. The number of nitrogens with zero attached hydrogens (tertiary/aromatic N) is 3. The van der Waals surface area contributed by atoms with E-state index in [1.807, 2.05) is 17.9 Å². The zero-order valence-corrected chi connectivity index (χ0v) is 19.1. The molecule has 0 bridgehead atoms. The number of aliphatic hydroxyl groups is 1. The number of ether oxygens (including phenoxy) is 1. The summed E-state index contributed by atoms with van der Waals surface area (Å²) in [4.78, 5) is 13.9. The first-order valence-corrected chi connectivity index (χ1v) is 12.7. The Morgan fingerprint density at radius 3 is 2.75 bits per heavy atom. The van der Waals surface area contributed by atoms with E-state index in [2.05, 4.69) is 45.5 Å². The number of hydrogen-bond acceptors (Lipinski definition) is 5. The molecule has 1 N–H and O–H groups in total. The van der Waals surface area contributed by atoms with Crippen LogP contribution >= 0.6 is 0 Å². The van der Waals surface area contributed by atoms with Crippen LogP contribution in [0.1, 0.15) is 38.4 Å². The fraction of sp³-hybridized carbons (Fsp3) is 0.700. The molecule has 158 valence electrons. The molecular weight excluding hydrogens is 374 g/mol. The molecular formula is C20H35N3O4Si. The Balaban J connectivity index is 2.12. The van der Waals surface area contributed by atoms with E-state index in [0.717, 1.165) is 11.3 Å². The predicted molar refractivity (Wildman–Crippen MR) is 112 cm³/mol. The summed E-state index contributed by atoms with van der Waals surface area (Å²) in [5.41, 5.74) is 2.06. The van der Waals surface area contributed by atoms with E-state index in [-0.39, 0.29) is 24.2 Å². The molecule has 28 heavy (non-hydrogen) atoms. The van der Waals surface area contributed by atoms with Crippen molar-refractivity contribution in [3.8, 4) is 0 Å². The Hall–Kier alpha value is -1.64. The largest absolute Gasteiger partial charge is 0.445 e. The third-order valence-corrected chi connectivity index (χ3v) is 10.4. The van der Waals surface area contributed by atoms with Gasteiger partial charge in [-0.1, -0.05) is 33.4 Å². The third-order valence-electron chi connectivity index (χ3n) is 5.93. The smallest absolute Gasteiger partial charge is 0.410 e. The molecule has 0 unspecified atom stereocenters. The van der Waals surface area contributed by atoms with Crippen molar-refractivity contribution in [1.29, 1.82) is 0 Å². The van der Waals surface area contributed by atoms with Crippen LogP contribution in [0, 0.1) is 0 Å². The van der Waals surface area contributed by atoms with Crippen LogP contribution < -0.4 is 0 Å². The fourth-order valence-corrected chi connectivity index (χ4v) is 4.04. The van der Waals surface area contributed by atoms with Crippen molar-refractivity contribution in [3.63, 3.8) is 0 Å². The lowest BCUT2D eigenvalue weighted by Crippen LogP contribution is -2.41. The molecule has 1 aliphatic rings. The summed E-state index contributed by atoms with van der Waals surface area (Å²) < 4.78 is 13.4. The molecule has 7 nitrogen and oxygen atoms in total. The highest BCUT2D eigenvalue weighted by atomic mass is 28.4. The summed E-state index contributed by atoms with van der Waals surface area (Å²) in [5.74, 6) is 0. The van der Waals surface area contributed by atoms with Crippen LogP contribution in [0.2, 0.25) is 18.1 Å². The molecule has 2 heterocycles. The SMILES string of the molecule is C=CCOC(=O)N1C[C@H](O)C[C@H]1Cc1cnn(C)c1CO[Si](C)(C)C(C)(C)C. The maximum absolute atomic E-state index is 12.3. The maximum Gasteiger partial charge on any atom is 0.410 e. The van der Waals surface area contributed by atoms with Crippen molar-refractivity contribution in [2.75, 3.05) is 13.2 Å². The summed E-state index contributed by atoms with van der Waals surface area (Å²) in [6.45, 7) is 15.6. The summed E-state index contributed by atoms with van der Waals surface area (Å²) in [6, 6.07) is -0.122. The molecule has 1 aromatic rings. The van der Waals surface area contributed by atoms with Crippen LogP contribution in [-0.4, -0.2) is 59.5 Å². The lowest BCUT2D eigenvalue weighted by Gasteiger charge is -2.36. The summed E-state index contributed by atoms with van der Waals surface area (Å²) in [5, 5.41) is 14.6. The zero-order chi connectivity index (χ0) is 21.1. The summed E-state index contributed by atoms with van der Waals surface area (Å²) in [7, 11) is 0.0266. The number of carbonyl (C=O) groups excluding carboxylic acids is 1. The van der Waals surface area contributed by atoms with Crippen molar-refractivity contribution in [3.05, 3.63) is 30.1 Å². The van der Waals surface area contributed by atoms with Gasteiger partial charge in [-0.15, -0.1) is 0 Å². The highest BCUT2D eigenvalue weighted by Crippen LogP contribution is 2.37. The van der Waals surface area contributed by atoms with Crippen LogP contribution in [-0.2, 0) is 29.2 Å². The Labute approximate surface area is 169 Å². The first kappa shape index (κ1) is 22.6. The molecule has 0 spiro atoms. The van der Waals surface area contributed by atoms with Gasteiger partial charge in [0.15, 0.2) is 8.32 Å². The third kappa shape index (κ3) is 5.24. The second-order valence-electron chi connectivity index (χ2n) is 9.05. The second-order valence-corrected chi connectivity index (χ2v) is 13.9. The van der Waals surface area contributed by atoms with Crippen LogP contribution in [0.15, 0.2) is 18.9 Å². The molecule has 1 saturated heterocycles. The van der Waals surface area contributed by atoms with Crippen LogP contribution in [0.3, 0.4) is 0 Å². The van der Waals surface area contributed by atoms with E-state index >= 15 is 0 Å². The van der Waals surface area contributed by atoms with Gasteiger partial charge in [0, 0.05) is 13.1 Å².